The summed E-state index contributed by atoms with van der Waals surface area (Å²) in [5.74, 6) is -0.632. The maximum Gasteiger partial charge on any atom is 0.234 e. The Morgan fingerprint density at radius 1 is 1.50 bits per heavy atom. The van der Waals surface area contributed by atoms with E-state index in [1.165, 1.54) is 12.1 Å². The normalized spacial score (nSPS) is 12.9. The molecule has 0 saturated heterocycles. The molecule has 1 aromatic rings. The molecule has 16 heavy (non-hydrogen) atoms. The molecule has 0 saturated carbocycles. The van der Waals surface area contributed by atoms with Gasteiger partial charge in [0.25, 0.3) is 0 Å². The van der Waals surface area contributed by atoms with Crippen molar-refractivity contribution in [2.75, 3.05) is 6.54 Å². The Morgan fingerprint density at radius 3 is 2.69 bits per heavy atom. The first-order chi connectivity index (χ1) is 7.59. The van der Waals surface area contributed by atoms with Crippen molar-refractivity contribution in [3.05, 3.63) is 41.7 Å². The van der Waals surface area contributed by atoms with Crippen molar-refractivity contribution in [2.24, 2.45) is 5.73 Å². The third-order valence-electron chi connectivity index (χ3n) is 2.15. The van der Waals surface area contributed by atoms with E-state index in [-0.39, 0.29) is 17.8 Å². The van der Waals surface area contributed by atoms with Crippen molar-refractivity contribution in [3.8, 4) is 0 Å². The third-order valence-corrected chi connectivity index (χ3v) is 2.15. The fraction of sp³-hybridized carbons (Fsp3) is 0.250. The smallest absolute Gasteiger partial charge is 0.234 e. The predicted octanol–water partition coefficient (Wildman–Crippen LogP) is 1.30. The van der Waals surface area contributed by atoms with Crippen molar-refractivity contribution < 1.29 is 9.18 Å². The summed E-state index contributed by atoms with van der Waals surface area (Å²) in [7, 11) is 0. The lowest BCUT2D eigenvalue weighted by molar-refractivity contribution is -0.119. The van der Waals surface area contributed by atoms with E-state index in [0.29, 0.717) is 6.54 Å². The van der Waals surface area contributed by atoms with Crippen LogP contribution in [-0.4, -0.2) is 18.5 Å². The molecule has 86 valence electrons. The summed E-state index contributed by atoms with van der Waals surface area (Å²) in [5, 5.41) is 2.93. The van der Waals surface area contributed by atoms with Crippen LogP contribution in [0.15, 0.2) is 30.3 Å². The number of halogens is 1. The van der Waals surface area contributed by atoms with Gasteiger partial charge in [-0.25, -0.2) is 4.39 Å². The number of rotatable bonds is 5. The Hall–Kier alpha value is -1.68. The lowest BCUT2D eigenvalue weighted by atomic mass is 10.2. The van der Waals surface area contributed by atoms with Gasteiger partial charge in [-0.1, -0.05) is 24.3 Å². The first-order valence-corrected chi connectivity index (χ1v) is 5.04. The molecular weight excluding hydrogens is 207 g/mol. The highest BCUT2D eigenvalue weighted by Crippen LogP contribution is 2.03. The van der Waals surface area contributed by atoms with Crippen LogP contribution >= 0.6 is 0 Å². The van der Waals surface area contributed by atoms with Crippen LogP contribution < -0.4 is 11.1 Å². The number of carbonyl (C=O) groups is 1. The van der Waals surface area contributed by atoms with E-state index < -0.39 is 0 Å². The molecule has 0 aliphatic carbocycles. The maximum absolute atomic E-state index is 12.6. The van der Waals surface area contributed by atoms with Crippen molar-refractivity contribution >= 4 is 12.0 Å². The second kappa shape index (κ2) is 6.02. The Balaban J connectivity index is 2.37. The van der Waals surface area contributed by atoms with Gasteiger partial charge in [-0.05, 0) is 24.6 Å². The lowest BCUT2D eigenvalue weighted by Crippen LogP contribution is -2.38. The average Bonchev–Trinajstić information content (AvgIpc) is 2.26. The number of benzene rings is 1. The minimum Gasteiger partial charge on any atom is -0.368 e. The van der Waals surface area contributed by atoms with Crippen molar-refractivity contribution in [2.45, 2.75) is 13.0 Å². The topological polar surface area (TPSA) is 55.1 Å². The van der Waals surface area contributed by atoms with Crippen LogP contribution in [0.4, 0.5) is 4.39 Å². The van der Waals surface area contributed by atoms with E-state index in [4.69, 9.17) is 5.73 Å². The molecule has 0 spiro atoms. The van der Waals surface area contributed by atoms with E-state index in [2.05, 4.69) is 5.32 Å². The number of primary amides is 1. The molecule has 0 unspecified atom stereocenters. The fourth-order valence-electron chi connectivity index (χ4n) is 1.11. The van der Waals surface area contributed by atoms with Crippen LogP contribution in [0.1, 0.15) is 12.5 Å². The minimum absolute atomic E-state index is 0.252. The zero-order valence-electron chi connectivity index (χ0n) is 9.11. The molecule has 0 aliphatic heterocycles. The molecule has 1 aromatic carbocycles. The highest BCUT2D eigenvalue weighted by molar-refractivity contribution is 5.79. The van der Waals surface area contributed by atoms with E-state index >= 15 is 0 Å². The second-order valence-electron chi connectivity index (χ2n) is 3.49. The minimum atomic E-state index is -0.379. The summed E-state index contributed by atoms with van der Waals surface area (Å²) >= 11 is 0. The molecule has 3 nitrogen and oxygen atoms in total. The van der Waals surface area contributed by atoms with Gasteiger partial charge in [0.2, 0.25) is 5.91 Å². The zero-order chi connectivity index (χ0) is 12.0. The SMILES string of the molecule is C[C@H](NC/C=C/c1ccc(F)cc1)C(N)=O. The molecule has 1 amide bonds. The van der Waals surface area contributed by atoms with Crippen LogP contribution in [0, 0.1) is 5.82 Å². The van der Waals surface area contributed by atoms with Crippen LogP contribution in [0.3, 0.4) is 0 Å². The fourth-order valence-corrected chi connectivity index (χ4v) is 1.11. The number of carbonyl (C=O) groups excluding carboxylic acids is 1. The number of hydrogen-bond donors (Lipinski definition) is 2. The van der Waals surface area contributed by atoms with Gasteiger partial charge in [-0.2, -0.15) is 0 Å². The molecular formula is C12H15FN2O. The van der Waals surface area contributed by atoms with Gasteiger partial charge >= 0.3 is 0 Å². The predicted molar refractivity (Wildman–Crippen MR) is 62.1 cm³/mol. The van der Waals surface area contributed by atoms with E-state index in [0.717, 1.165) is 5.56 Å². The van der Waals surface area contributed by atoms with Crippen molar-refractivity contribution in [3.63, 3.8) is 0 Å². The first-order valence-electron chi connectivity index (χ1n) is 5.04. The highest BCUT2D eigenvalue weighted by atomic mass is 19.1. The van der Waals surface area contributed by atoms with Gasteiger partial charge in [-0.15, -0.1) is 0 Å². The first kappa shape index (κ1) is 12.4. The Kier molecular flexibility index (Phi) is 4.66. The molecule has 4 heteroatoms. The summed E-state index contributed by atoms with van der Waals surface area (Å²) in [6.45, 7) is 2.25. The Labute approximate surface area is 94.1 Å². The molecule has 1 rings (SSSR count). The average molecular weight is 222 g/mol. The highest BCUT2D eigenvalue weighted by Gasteiger charge is 2.04. The van der Waals surface area contributed by atoms with Gasteiger partial charge in [0.05, 0.1) is 6.04 Å². The number of nitrogens with one attached hydrogen (secondary N) is 1. The third kappa shape index (κ3) is 4.23. The van der Waals surface area contributed by atoms with Gasteiger partial charge < -0.3 is 11.1 Å². The quantitative estimate of drug-likeness (QED) is 0.789. The summed E-state index contributed by atoms with van der Waals surface area (Å²) < 4.78 is 12.6. The largest absolute Gasteiger partial charge is 0.368 e. The van der Waals surface area contributed by atoms with Crippen LogP contribution in [0.5, 0.6) is 0 Å². The van der Waals surface area contributed by atoms with Gasteiger partial charge in [0, 0.05) is 6.54 Å². The van der Waals surface area contributed by atoms with Crippen molar-refractivity contribution in [1.29, 1.82) is 0 Å². The van der Waals surface area contributed by atoms with Crippen LogP contribution in [-0.2, 0) is 4.79 Å². The molecule has 0 aromatic heterocycles. The maximum atomic E-state index is 12.6. The lowest BCUT2D eigenvalue weighted by Gasteiger charge is -2.06. The Bertz CT molecular complexity index is 373. The summed E-state index contributed by atoms with van der Waals surface area (Å²) in [4.78, 5) is 10.7. The molecule has 0 bridgehead atoms. The van der Waals surface area contributed by atoms with E-state index in [1.54, 1.807) is 19.1 Å². The Morgan fingerprint density at radius 2 is 2.12 bits per heavy atom. The molecule has 0 heterocycles. The summed E-state index contributed by atoms with van der Waals surface area (Å²) in [6, 6.07) is 5.82. The zero-order valence-corrected chi connectivity index (χ0v) is 9.11. The molecule has 0 radical (unpaired) electrons. The van der Waals surface area contributed by atoms with Crippen LogP contribution in [0.25, 0.3) is 6.08 Å². The van der Waals surface area contributed by atoms with E-state index in [1.807, 2.05) is 12.2 Å². The standard InChI is InChI=1S/C12H15FN2O/c1-9(12(14)16)15-8-2-3-10-4-6-11(13)7-5-10/h2-7,9,15H,8H2,1H3,(H2,14,16)/b3-2+/t9-/m0/s1. The molecule has 0 fully saturated rings. The molecule has 1 atom stereocenters. The summed E-state index contributed by atoms with van der Waals surface area (Å²) in [6.07, 6.45) is 3.70. The summed E-state index contributed by atoms with van der Waals surface area (Å²) in [5.41, 5.74) is 5.99. The number of amides is 1. The van der Waals surface area contributed by atoms with Crippen LogP contribution in [0.2, 0.25) is 0 Å². The molecule has 3 N–H and O–H groups in total. The van der Waals surface area contributed by atoms with Crippen molar-refractivity contribution in [1.82, 2.24) is 5.32 Å². The van der Waals surface area contributed by atoms with E-state index in [9.17, 15) is 9.18 Å². The van der Waals surface area contributed by atoms with Gasteiger partial charge in [-0.3, -0.25) is 4.79 Å². The molecule has 0 aliphatic rings. The number of nitrogens with two attached hydrogens (primary N) is 1. The monoisotopic (exact) mass is 222 g/mol. The number of hydrogen-bond acceptors (Lipinski definition) is 2. The van der Waals surface area contributed by atoms with Gasteiger partial charge in [0.15, 0.2) is 0 Å². The van der Waals surface area contributed by atoms with Gasteiger partial charge in [0.1, 0.15) is 5.82 Å². The second-order valence-corrected chi connectivity index (χ2v) is 3.49.